The van der Waals surface area contributed by atoms with Gasteiger partial charge in [0.2, 0.25) is 0 Å². The lowest BCUT2D eigenvalue weighted by molar-refractivity contribution is 0.479. The molecule has 0 aliphatic heterocycles. The molecule has 36 heavy (non-hydrogen) atoms. The highest BCUT2D eigenvalue weighted by atomic mass is 16.5. The molecule has 0 fully saturated rings. The van der Waals surface area contributed by atoms with Gasteiger partial charge in [-0.15, -0.1) is 0 Å². The first-order valence-electron chi connectivity index (χ1n) is 10.8. The van der Waals surface area contributed by atoms with Gasteiger partial charge < -0.3 is 9.30 Å². The zero-order valence-corrected chi connectivity index (χ0v) is 19.0. The number of benzene rings is 3. The van der Waals surface area contributed by atoms with Crippen molar-refractivity contribution in [3.63, 3.8) is 0 Å². The van der Waals surface area contributed by atoms with E-state index in [1.807, 2.05) is 50.2 Å². The summed E-state index contributed by atoms with van der Waals surface area (Å²) in [5.74, 6) is 1.12. The van der Waals surface area contributed by atoms with E-state index in [4.69, 9.17) is 4.74 Å². The van der Waals surface area contributed by atoms with Crippen molar-refractivity contribution in [1.29, 1.82) is 0 Å². The first kappa shape index (κ1) is 24.2. The summed E-state index contributed by atoms with van der Waals surface area (Å²) >= 11 is 0. The molecule has 9 nitrogen and oxygen atoms in total. The second-order valence-electron chi connectivity index (χ2n) is 8.02. The lowest BCUT2D eigenvalue weighted by Crippen LogP contribution is -2.48. The van der Waals surface area contributed by atoms with Crippen molar-refractivity contribution in [2.24, 2.45) is 0 Å². The van der Waals surface area contributed by atoms with E-state index in [9.17, 15) is 14.4 Å². The molecule has 3 aromatic carbocycles. The molecule has 0 atom stereocenters. The van der Waals surface area contributed by atoms with Gasteiger partial charge in [0.15, 0.2) is 5.75 Å². The van der Waals surface area contributed by atoms with Crippen LogP contribution in [0.1, 0.15) is 18.7 Å². The Hall–Kier alpha value is -4.92. The van der Waals surface area contributed by atoms with Crippen LogP contribution in [0.3, 0.4) is 0 Å². The third kappa shape index (κ3) is 4.54. The lowest BCUT2D eigenvalue weighted by atomic mass is 10.2. The normalized spacial score (nSPS) is 10.6. The Kier molecular flexibility index (Phi) is 6.56. The minimum absolute atomic E-state index is 0. The summed E-state index contributed by atoms with van der Waals surface area (Å²) in [6.45, 7) is 3.70. The van der Waals surface area contributed by atoms with Crippen molar-refractivity contribution in [1.82, 2.24) is 23.7 Å². The Morgan fingerprint density at radius 3 is 2.14 bits per heavy atom. The summed E-state index contributed by atoms with van der Waals surface area (Å²) in [5.41, 5.74) is 0.403. The number of hydrogen-bond donors (Lipinski definition) is 1. The van der Waals surface area contributed by atoms with Gasteiger partial charge in [0.1, 0.15) is 5.75 Å². The zero-order chi connectivity index (χ0) is 24.5. The number of nitrogens with zero attached hydrogens (tertiary/aromatic N) is 4. The highest BCUT2D eigenvalue weighted by Crippen LogP contribution is 2.30. The maximum atomic E-state index is 13.4. The minimum Gasteiger partial charge on any atom is -0.455 e. The fourth-order valence-corrected chi connectivity index (χ4v) is 3.80. The molecule has 2 aromatic heterocycles. The molecule has 9 heteroatoms. The molecule has 0 unspecified atom stereocenters. The number of para-hydroxylation sites is 1. The number of aromatic nitrogens is 5. The van der Waals surface area contributed by atoms with Crippen LogP contribution in [0, 0.1) is 13.8 Å². The van der Waals surface area contributed by atoms with Crippen LogP contribution < -0.4 is 21.8 Å². The van der Waals surface area contributed by atoms with E-state index in [-0.39, 0.29) is 13.1 Å². The molecule has 182 valence electrons. The SMILES string of the molecule is C.Cc1cccc(-n2c(=O)[nH]c(=O)n(-c3ccc(Oc4ccccc4)c(-n4cnc(C)c4)c3)c2=O)c1. The van der Waals surface area contributed by atoms with Crippen molar-refractivity contribution in [2.75, 3.05) is 0 Å². The number of hydrogen-bond acceptors (Lipinski definition) is 5. The third-order valence-corrected chi connectivity index (χ3v) is 5.42. The van der Waals surface area contributed by atoms with E-state index in [0.717, 1.165) is 20.4 Å². The molecule has 5 aromatic rings. The average Bonchev–Trinajstić information content (AvgIpc) is 3.26. The highest BCUT2D eigenvalue weighted by molar-refractivity contribution is 5.55. The van der Waals surface area contributed by atoms with Crippen LogP contribution >= 0.6 is 0 Å². The van der Waals surface area contributed by atoms with Crippen molar-refractivity contribution < 1.29 is 4.74 Å². The van der Waals surface area contributed by atoms with Gasteiger partial charge in [0.25, 0.3) is 0 Å². The molecule has 0 saturated carbocycles. The number of nitrogens with one attached hydrogen (secondary N) is 1. The Morgan fingerprint density at radius 2 is 1.50 bits per heavy atom. The van der Waals surface area contributed by atoms with Gasteiger partial charge in [0.05, 0.1) is 29.1 Å². The van der Waals surface area contributed by atoms with Crippen molar-refractivity contribution >= 4 is 0 Å². The van der Waals surface area contributed by atoms with Crippen molar-refractivity contribution in [3.8, 4) is 28.6 Å². The topological polar surface area (TPSA) is 104 Å². The molecule has 0 aliphatic carbocycles. The number of ether oxygens (including phenoxy) is 1. The second-order valence-corrected chi connectivity index (χ2v) is 8.02. The van der Waals surface area contributed by atoms with Gasteiger partial charge in [-0.3, -0.25) is 4.98 Å². The standard InChI is InChI=1S/C26H21N5O4.CH4/c1-17-7-6-8-19(13-17)30-24(32)28-25(33)31(26(30)34)20-11-12-23(35-21-9-4-3-5-10-21)22(14-20)29-15-18(2)27-16-29;/h3-16H,1-2H3,(H,28,32,33);1H4. The minimum atomic E-state index is -0.839. The van der Waals surface area contributed by atoms with Crippen LogP contribution in [0.15, 0.2) is 99.7 Å². The third-order valence-electron chi connectivity index (χ3n) is 5.42. The first-order chi connectivity index (χ1) is 16.9. The zero-order valence-electron chi connectivity index (χ0n) is 19.0. The van der Waals surface area contributed by atoms with Crippen LogP contribution in [-0.2, 0) is 0 Å². The van der Waals surface area contributed by atoms with Gasteiger partial charge in [0, 0.05) is 6.20 Å². The molecule has 0 bridgehead atoms. The number of imidazole rings is 1. The molecule has 0 saturated heterocycles. The van der Waals surface area contributed by atoms with Crippen LogP contribution in [0.5, 0.6) is 11.5 Å². The molecule has 5 rings (SSSR count). The summed E-state index contributed by atoms with van der Waals surface area (Å²) in [5, 5.41) is 0. The molecular formula is C27H25N5O4. The molecule has 0 spiro atoms. The van der Waals surface area contributed by atoms with E-state index in [2.05, 4.69) is 9.97 Å². The Labute approximate surface area is 206 Å². The largest absolute Gasteiger partial charge is 0.455 e. The molecule has 0 aliphatic rings. The number of H-pyrrole nitrogens is 1. The summed E-state index contributed by atoms with van der Waals surface area (Å²) in [7, 11) is 0. The Balaban J connectivity index is 0.00000304. The predicted molar refractivity (Wildman–Crippen MR) is 138 cm³/mol. The predicted octanol–water partition coefficient (Wildman–Crippen LogP) is 3.91. The highest BCUT2D eigenvalue weighted by Gasteiger charge is 2.16. The summed E-state index contributed by atoms with van der Waals surface area (Å²) < 4.78 is 9.67. The van der Waals surface area contributed by atoms with Gasteiger partial charge in [-0.1, -0.05) is 37.8 Å². The van der Waals surface area contributed by atoms with Crippen LogP contribution in [-0.4, -0.2) is 23.7 Å². The monoisotopic (exact) mass is 483 g/mol. The van der Waals surface area contributed by atoms with Gasteiger partial charge >= 0.3 is 17.1 Å². The molecule has 2 heterocycles. The molecular weight excluding hydrogens is 458 g/mol. The summed E-state index contributed by atoms with van der Waals surface area (Å²) in [6.07, 6.45) is 3.42. The van der Waals surface area contributed by atoms with Crippen LogP contribution in [0.25, 0.3) is 17.1 Å². The smallest absolute Gasteiger partial charge is 0.345 e. The number of aryl methyl sites for hydroxylation is 2. The van der Waals surface area contributed by atoms with Crippen LogP contribution in [0.4, 0.5) is 0 Å². The summed E-state index contributed by atoms with van der Waals surface area (Å²) in [4.78, 5) is 45.3. The van der Waals surface area contributed by atoms with Crippen molar-refractivity contribution in [2.45, 2.75) is 21.3 Å². The lowest BCUT2D eigenvalue weighted by Gasteiger charge is -2.15. The van der Waals surface area contributed by atoms with Gasteiger partial charge in [-0.25, -0.2) is 28.5 Å². The van der Waals surface area contributed by atoms with Gasteiger partial charge in [-0.05, 0) is 61.9 Å². The fourth-order valence-electron chi connectivity index (χ4n) is 3.80. The maximum Gasteiger partial charge on any atom is 0.345 e. The van der Waals surface area contributed by atoms with Crippen molar-refractivity contribution in [3.05, 3.63) is 128 Å². The van der Waals surface area contributed by atoms with E-state index in [1.165, 1.54) is 0 Å². The number of rotatable bonds is 5. The van der Waals surface area contributed by atoms with E-state index >= 15 is 0 Å². The van der Waals surface area contributed by atoms with E-state index < -0.39 is 17.1 Å². The van der Waals surface area contributed by atoms with Crippen LogP contribution in [0.2, 0.25) is 0 Å². The summed E-state index contributed by atoms with van der Waals surface area (Å²) in [6, 6.07) is 21.1. The second kappa shape index (κ2) is 9.75. The average molecular weight is 484 g/mol. The van der Waals surface area contributed by atoms with E-state index in [1.54, 1.807) is 53.5 Å². The Morgan fingerprint density at radius 1 is 0.806 bits per heavy atom. The quantitative estimate of drug-likeness (QED) is 0.408. The molecule has 1 N–H and O–H groups in total. The maximum absolute atomic E-state index is 13.4. The molecule has 0 amide bonds. The number of aromatic amines is 1. The van der Waals surface area contributed by atoms with Gasteiger partial charge in [-0.2, -0.15) is 0 Å². The fraction of sp³-hybridized carbons (Fsp3) is 0.111. The first-order valence-corrected chi connectivity index (χ1v) is 10.8. The Bertz CT molecular complexity index is 1710. The molecule has 0 radical (unpaired) electrons. The van der Waals surface area contributed by atoms with E-state index in [0.29, 0.717) is 22.9 Å².